The molecule has 0 radical (unpaired) electrons. The lowest BCUT2D eigenvalue weighted by Gasteiger charge is -2.23. The Bertz CT molecular complexity index is 565. The minimum Gasteiger partial charge on any atom is -0.494 e. The molecule has 1 aromatic carbocycles. The molecule has 1 aliphatic rings. The van der Waals surface area contributed by atoms with Crippen molar-refractivity contribution in [3.8, 4) is 5.75 Å². The molecular weight excluding hydrogens is 311 g/mol. The molecule has 1 fully saturated rings. The number of ether oxygens (including phenoxy) is 2. The van der Waals surface area contributed by atoms with Crippen LogP contribution in [0.3, 0.4) is 0 Å². The van der Waals surface area contributed by atoms with Gasteiger partial charge in [0.15, 0.2) is 11.6 Å². The quantitative estimate of drug-likeness (QED) is 0.837. The van der Waals surface area contributed by atoms with Gasteiger partial charge in [0.05, 0.1) is 19.3 Å². The number of amides is 2. The third kappa shape index (κ3) is 4.60. The number of nitrogens with one attached hydrogen (secondary N) is 2. The molecule has 5 nitrogen and oxygen atoms in total. The van der Waals surface area contributed by atoms with E-state index in [0.29, 0.717) is 23.9 Å². The van der Waals surface area contributed by atoms with Gasteiger partial charge in [-0.1, -0.05) is 19.9 Å². The van der Waals surface area contributed by atoms with Crippen molar-refractivity contribution in [1.29, 1.82) is 0 Å². The summed E-state index contributed by atoms with van der Waals surface area (Å²) in [6.07, 6.45) is 1.15. The van der Waals surface area contributed by atoms with Crippen LogP contribution in [-0.4, -0.2) is 32.4 Å². The first-order valence-corrected chi connectivity index (χ1v) is 8.41. The van der Waals surface area contributed by atoms with Gasteiger partial charge in [0, 0.05) is 19.1 Å². The molecule has 2 amide bonds. The minimum absolute atomic E-state index is 0.191. The number of hydrogen-bond acceptors (Lipinski definition) is 3. The molecule has 2 rings (SSSR count). The SMILES string of the molecule is COc1ccc([C@H](C)NC(=O)NC[C@@H]2CCO[C@@H]2C(C)C)cc1F. The van der Waals surface area contributed by atoms with Gasteiger partial charge in [-0.15, -0.1) is 0 Å². The van der Waals surface area contributed by atoms with Crippen molar-refractivity contribution in [2.24, 2.45) is 11.8 Å². The van der Waals surface area contributed by atoms with Crippen molar-refractivity contribution in [2.45, 2.75) is 39.3 Å². The summed E-state index contributed by atoms with van der Waals surface area (Å²) in [4.78, 5) is 12.1. The van der Waals surface area contributed by atoms with Gasteiger partial charge in [0.1, 0.15) is 0 Å². The second-order valence-electron chi connectivity index (χ2n) is 6.60. The highest BCUT2D eigenvalue weighted by Crippen LogP contribution is 2.26. The van der Waals surface area contributed by atoms with Gasteiger partial charge in [-0.2, -0.15) is 0 Å². The molecule has 0 aromatic heterocycles. The van der Waals surface area contributed by atoms with Gasteiger partial charge in [-0.3, -0.25) is 0 Å². The fraction of sp³-hybridized carbons (Fsp3) is 0.611. The summed E-state index contributed by atoms with van der Waals surface area (Å²) in [5.74, 6) is 0.524. The third-order valence-corrected chi connectivity index (χ3v) is 4.47. The molecular formula is C18H27FN2O3. The molecule has 3 atom stereocenters. The number of carbonyl (C=O) groups is 1. The van der Waals surface area contributed by atoms with Gasteiger partial charge < -0.3 is 20.1 Å². The Balaban J connectivity index is 1.84. The summed E-state index contributed by atoms with van der Waals surface area (Å²) >= 11 is 0. The molecule has 1 aliphatic heterocycles. The summed E-state index contributed by atoms with van der Waals surface area (Å²) in [7, 11) is 1.42. The monoisotopic (exact) mass is 338 g/mol. The largest absolute Gasteiger partial charge is 0.494 e. The number of rotatable bonds is 6. The lowest BCUT2D eigenvalue weighted by Crippen LogP contribution is -2.41. The van der Waals surface area contributed by atoms with Crippen molar-refractivity contribution in [1.82, 2.24) is 10.6 Å². The third-order valence-electron chi connectivity index (χ3n) is 4.47. The van der Waals surface area contributed by atoms with E-state index in [1.807, 2.05) is 6.92 Å². The summed E-state index contributed by atoms with van der Waals surface area (Å²) in [5.41, 5.74) is 0.688. The molecule has 1 aromatic rings. The number of urea groups is 1. The summed E-state index contributed by atoms with van der Waals surface area (Å²) < 4.78 is 24.4. The van der Waals surface area contributed by atoms with E-state index in [0.717, 1.165) is 13.0 Å². The zero-order valence-corrected chi connectivity index (χ0v) is 14.8. The zero-order valence-electron chi connectivity index (χ0n) is 14.8. The minimum atomic E-state index is -0.438. The van der Waals surface area contributed by atoms with Gasteiger partial charge in [0.25, 0.3) is 0 Å². The van der Waals surface area contributed by atoms with Gasteiger partial charge in [0.2, 0.25) is 0 Å². The smallest absolute Gasteiger partial charge is 0.315 e. The van der Waals surface area contributed by atoms with Gasteiger partial charge in [-0.05, 0) is 37.0 Å². The Hall–Kier alpha value is -1.82. The molecule has 24 heavy (non-hydrogen) atoms. The number of benzene rings is 1. The lowest BCUT2D eigenvalue weighted by atomic mass is 9.93. The summed E-state index contributed by atoms with van der Waals surface area (Å²) in [6.45, 7) is 7.40. The van der Waals surface area contributed by atoms with E-state index in [-0.39, 0.29) is 23.9 Å². The number of halogens is 1. The van der Waals surface area contributed by atoms with Crippen LogP contribution >= 0.6 is 0 Å². The normalized spacial score (nSPS) is 21.6. The van der Waals surface area contributed by atoms with Crippen LogP contribution in [0.1, 0.15) is 38.8 Å². The molecule has 0 saturated carbocycles. The van der Waals surface area contributed by atoms with Crippen LogP contribution in [0, 0.1) is 17.7 Å². The standard InChI is InChI=1S/C18H27FN2O3/c1-11(2)17-14(7-8-24-17)10-20-18(22)21-12(3)13-5-6-16(23-4)15(19)9-13/h5-6,9,11-12,14,17H,7-8,10H2,1-4H3,(H2,20,21,22)/t12-,14-,17+/m0/s1. The van der Waals surface area contributed by atoms with Crippen molar-refractivity contribution in [2.75, 3.05) is 20.3 Å². The van der Waals surface area contributed by atoms with Crippen molar-refractivity contribution >= 4 is 6.03 Å². The molecule has 134 valence electrons. The lowest BCUT2D eigenvalue weighted by molar-refractivity contribution is 0.0545. The van der Waals surface area contributed by atoms with Gasteiger partial charge >= 0.3 is 6.03 Å². The van der Waals surface area contributed by atoms with Crippen LogP contribution in [0.25, 0.3) is 0 Å². The first-order chi connectivity index (χ1) is 11.4. The second-order valence-corrected chi connectivity index (χ2v) is 6.60. The van der Waals surface area contributed by atoms with E-state index < -0.39 is 5.82 Å². The Morgan fingerprint density at radius 3 is 2.79 bits per heavy atom. The van der Waals surface area contributed by atoms with E-state index in [9.17, 15) is 9.18 Å². The predicted octanol–water partition coefficient (Wildman–Crippen LogP) is 3.26. The maximum atomic E-state index is 13.8. The average Bonchev–Trinajstić information content (AvgIpc) is 3.01. The first-order valence-electron chi connectivity index (χ1n) is 8.41. The molecule has 0 unspecified atom stereocenters. The van der Waals surface area contributed by atoms with E-state index in [2.05, 4.69) is 24.5 Å². The average molecular weight is 338 g/mol. The molecule has 0 aliphatic carbocycles. The fourth-order valence-corrected chi connectivity index (χ4v) is 3.12. The highest BCUT2D eigenvalue weighted by atomic mass is 19.1. The molecule has 1 saturated heterocycles. The van der Waals surface area contributed by atoms with Crippen LogP contribution < -0.4 is 15.4 Å². The van der Waals surface area contributed by atoms with Crippen LogP contribution in [0.15, 0.2) is 18.2 Å². The maximum absolute atomic E-state index is 13.8. The number of methoxy groups -OCH3 is 1. The van der Waals surface area contributed by atoms with E-state index in [1.54, 1.807) is 12.1 Å². The Labute approximate surface area is 142 Å². The topological polar surface area (TPSA) is 59.6 Å². The van der Waals surface area contributed by atoms with Gasteiger partial charge in [-0.25, -0.2) is 9.18 Å². The van der Waals surface area contributed by atoms with E-state index >= 15 is 0 Å². The van der Waals surface area contributed by atoms with Crippen LogP contribution in [-0.2, 0) is 4.74 Å². The molecule has 0 bridgehead atoms. The van der Waals surface area contributed by atoms with E-state index in [1.165, 1.54) is 13.2 Å². The maximum Gasteiger partial charge on any atom is 0.315 e. The Morgan fingerprint density at radius 2 is 2.17 bits per heavy atom. The molecule has 2 N–H and O–H groups in total. The molecule has 1 heterocycles. The first kappa shape index (κ1) is 18.5. The highest BCUT2D eigenvalue weighted by molar-refractivity contribution is 5.74. The van der Waals surface area contributed by atoms with Crippen LogP contribution in [0.4, 0.5) is 9.18 Å². The van der Waals surface area contributed by atoms with Crippen molar-refractivity contribution in [3.63, 3.8) is 0 Å². The zero-order chi connectivity index (χ0) is 17.7. The summed E-state index contributed by atoms with van der Waals surface area (Å²) in [5, 5.41) is 5.73. The predicted molar refractivity (Wildman–Crippen MR) is 90.6 cm³/mol. The highest BCUT2D eigenvalue weighted by Gasteiger charge is 2.30. The molecule has 6 heteroatoms. The fourth-order valence-electron chi connectivity index (χ4n) is 3.12. The second kappa shape index (κ2) is 8.33. The Morgan fingerprint density at radius 1 is 1.42 bits per heavy atom. The number of carbonyl (C=O) groups excluding carboxylic acids is 1. The van der Waals surface area contributed by atoms with Crippen LogP contribution in [0.5, 0.6) is 5.75 Å². The van der Waals surface area contributed by atoms with Crippen LogP contribution in [0.2, 0.25) is 0 Å². The Kier molecular flexibility index (Phi) is 6.43. The van der Waals surface area contributed by atoms with Crippen molar-refractivity contribution in [3.05, 3.63) is 29.6 Å². The van der Waals surface area contributed by atoms with E-state index in [4.69, 9.17) is 9.47 Å². The molecule has 0 spiro atoms. The summed E-state index contributed by atoms with van der Waals surface area (Å²) in [6, 6.07) is 4.12. The van der Waals surface area contributed by atoms with Crippen molar-refractivity contribution < 1.29 is 18.7 Å². The number of hydrogen-bond donors (Lipinski definition) is 2.